The molecule has 0 fully saturated rings. The summed E-state index contributed by atoms with van der Waals surface area (Å²) in [5.41, 5.74) is 0.950. The predicted molar refractivity (Wildman–Crippen MR) is 113 cm³/mol. The van der Waals surface area contributed by atoms with Crippen molar-refractivity contribution in [1.29, 1.82) is 0 Å². The van der Waals surface area contributed by atoms with Gasteiger partial charge in [0.1, 0.15) is 4.90 Å². The number of halogens is 1. The topological polar surface area (TPSA) is 84.5 Å². The number of hydrogen-bond acceptors (Lipinski definition) is 5. The molecule has 0 amide bonds. The average Bonchev–Trinajstić information content (AvgIpc) is 2.63. The Labute approximate surface area is 171 Å². The first-order chi connectivity index (χ1) is 13.1. The SMILES string of the molecule is CC[C@@H](C)Nc1ccc(C(=O)OC(C)C)cc1S(=O)(=O)Nc1ccc(Cl)cc1. The molecule has 0 aliphatic rings. The average molecular weight is 425 g/mol. The Kier molecular flexibility index (Phi) is 7.32. The number of sulfonamides is 1. The molecule has 0 bridgehead atoms. The fourth-order valence-electron chi connectivity index (χ4n) is 2.37. The highest BCUT2D eigenvalue weighted by molar-refractivity contribution is 7.92. The summed E-state index contributed by atoms with van der Waals surface area (Å²) < 4.78 is 33.8. The van der Waals surface area contributed by atoms with E-state index in [1.165, 1.54) is 6.07 Å². The zero-order chi connectivity index (χ0) is 20.9. The quantitative estimate of drug-likeness (QED) is 0.587. The van der Waals surface area contributed by atoms with E-state index in [-0.39, 0.29) is 22.6 Å². The standard InChI is InChI=1S/C20H25ClN2O4S/c1-5-14(4)22-18-11-6-15(20(24)27-13(2)3)12-19(18)28(25,26)23-17-9-7-16(21)8-10-17/h6-14,22-23H,5H2,1-4H3/t14-/m1/s1. The first-order valence-corrected chi connectivity index (χ1v) is 10.9. The molecule has 2 N–H and O–H groups in total. The third-order valence-electron chi connectivity index (χ3n) is 3.96. The molecule has 152 valence electrons. The summed E-state index contributed by atoms with van der Waals surface area (Å²) in [4.78, 5) is 12.2. The molecule has 0 heterocycles. The van der Waals surface area contributed by atoms with Gasteiger partial charge in [-0.1, -0.05) is 18.5 Å². The number of esters is 1. The lowest BCUT2D eigenvalue weighted by Crippen LogP contribution is -2.20. The van der Waals surface area contributed by atoms with Crippen LogP contribution in [-0.4, -0.2) is 26.5 Å². The molecule has 0 unspecified atom stereocenters. The summed E-state index contributed by atoms with van der Waals surface area (Å²) in [6, 6.07) is 10.8. The van der Waals surface area contributed by atoms with Gasteiger partial charge in [0.05, 0.1) is 17.4 Å². The Balaban J connectivity index is 2.46. The van der Waals surface area contributed by atoms with E-state index in [9.17, 15) is 13.2 Å². The van der Waals surface area contributed by atoms with Gasteiger partial charge in [0.25, 0.3) is 10.0 Å². The van der Waals surface area contributed by atoms with Crippen molar-refractivity contribution < 1.29 is 17.9 Å². The van der Waals surface area contributed by atoms with Gasteiger partial charge in [-0.25, -0.2) is 13.2 Å². The van der Waals surface area contributed by atoms with Crippen LogP contribution in [0.1, 0.15) is 44.5 Å². The normalized spacial score (nSPS) is 12.5. The Morgan fingerprint density at radius 3 is 2.32 bits per heavy atom. The van der Waals surface area contributed by atoms with Gasteiger partial charge in [-0.15, -0.1) is 0 Å². The van der Waals surface area contributed by atoms with E-state index >= 15 is 0 Å². The smallest absolute Gasteiger partial charge is 0.338 e. The number of hydrogen-bond donors (Lipinski definition) is 2. The second-order valence-corrected chi connectivity index (χ2v) is 8.82. The fourth-order valence-corrected chi connectivity index (χ4v) is 3.75. The van der Waals surface area contributed by atoms with Gasteiger partial charge < -0.3 is 10.1 Å². The van der Waals surface area contributed by atoms with Crippen LogP contribution in [0.15, 0.2) is 47.4 Å². The van der Waals surface area contributed by atoms with E-state index in [0.29, 0.717) is 16.4 Å². The van der Waals surface area contributed by atoms with Crippen LogP contribution in [0.5, 0.6) is 0 Å². The van der Waals surface area contributed by atoms with E-state index in [1.807, 2.05) is 13.8 Å². The summed E-state index contributed by atoms with van der Waals surface area (Å²) >= 11 is 5.86. The lowest BCUT2D eigenvalue weighted by Gasteiger charge is -2.18. The highest BCUT2D eigenvalue weighted by Gasteiger charge is 2.23. The monoisotopic (exact) mass is 424 g/mol. The molecule has 2 rings (SSSR count). The number of ether oxygens (including phenoxy) is 1. The van der Waals surface area contributed by atoms with Gasteiger partial charge in [-0.2, -0.15) is 0 Å². The molecule has 0 aliphatic carbocycles. The molecule has 2 aromatic carbocycles. The van der Waals surface area contributed by atoms with E-state index in [1.54, 1.807) is 50.2 Å². The number of nitrogens with one attached hydrogen (secondary N) is 2. The Hall–Kier alpha value is -2.25. The van der Waals surface area contributed by atoms with Gasteiger partial charge in [-0.3, -0.25) is 4.72 Å². The van der Waals surface area contributed by atoms with Crippen LogP contribution in [0.2, 0.25) is 5.02 Å². The number of rotatable bonds is 8. The third-order valence-corrected chi connectivity index (χ3v) is 5.63. The molecule has 0 saturated heterocycles. The first-order valence-electron chi connectivity index (χ1n) is 9.02. The minimum atomic E-state index is -3.96. The van der Waals surface area contributed by atoms with Crippen LogP contribution in [0.4, 0.5) is 11.4 Å². The van der Waals surface area contributed by atoms with Crippen molar-refractivity contribution in [2.45, 2.75) is 51.2 Å². The summed E-state index contributed by atoms with van der Waals surface area (Å²) in [6.07, 6.45) is 0.499. The summed E-state index contributed by atoms with van der Waals surface area (Å²) in [7, 11) is -3.96. The largest absolute Gasteiger partial charge is 0.459 e. The lowest BCUT2D eigenvalue weighted by molar-refractivity contribution is 0.0377. The van der Waals surface area contributed by atoms with Gasteiger partial charge >= 0.3 is 5.97 Å². The first kappa shape index (κ1) is 22.0. The van der Waals surface area contributed by atoms with Crippen molar-refractivity contribution in [2.24, 2.45) is 0 Å². The second-order valence-electron chi connectivity index (χ2n) is 6.73. The van der Waals surface area contributed by atoms with Crippen molar-refractivity contribution in [1.82, 2.24) is 0 Å². The van der Waals surface area contributed by atoms with Gasteiger partial charge in [0.2, 0.25) is 0 Å². The van der Waals surface area contributed by atoms with E-state index in [2.05, 4.69) is 10.0 Å². The second kappa shape index (κ2) is 9.30. The predicted octanol–water partition coefficient (Wildman–Crippen LogP) is 4.92. The number of anilines is 2. The van der Waals surface area contributed by atoms with Crippen LogP contribution in [-0.2, 0) is 14.8 Å². The fraction of sp³-hybridized carbons (Fsp3) is 0.350. The minimum absolute atomic E-state index is 0.0269. The molecule has 28 heavy (non-hydrogen) atoms. The van der Waals surface area contributed by atoms with Crippen LogP contribution < -0.4 is 10.0 Å². The molecule has 0 aliphatic heterocycles. The van der Waals surface area contributed by atoms with E-state index in [4.69, 9.17) is 16.3 Å². The van der Waals surface area contributed by atoms with Crippen LogP contribution in [0.3, 0.4) is 0 Å². The Morgan fingerprint density at radius 1 is 1.11 bits per heavy atom. The highest BCUT2D eigenvalue weighted by Crippen LogP contribution is 2.27. The van der Waals surface area contributed by atoms with Gasteiger partial charge in [0.15, 0.2) is 0 Å². The maximum absolute atomic E-state index is 13.0. The molecule has 2 aromatic rings. The molecule has 0 spiro atoms. The minimum Gasteiger partial charge on any atom is -0.459 e. The number of benzene rings is 2. The van der Waals surface area contributed by atoms with Crippen molar-refractivity contribution in [3.63, 3.8) is 0 Å². The number of carbonyl (C=O) groups is 1. The highest BCUT2D eigenvalue weighted by atomic mass is 35.5. The molecule has 1 atom stereocenters. The van der Waals surface area contributed by atoms with E-state index in [0.717, 1.165) is 6.42 Å². The summed E-state index contributed by atoms with van der Waals surface area (Å²) in [5.74, 6) is -0.576. The molecule has 0 aromatic heterocycles. The maximum Gasteiger partial charge on any atom is 0.338 e. The molecule has 8 heteroatoms. The number of carbonyl (C=O) groups excluding carboxylic acids is 1. The third kappa shape index (κ3) is 5.87. The summed E-state index contributed by atoms with van der Waals surface area (Å²) in [6.45, 7) is 7.41. The van der Waals surface area contributed by atoms with Crippen LogP contribution in [0, 0.1) is 0 Å². The molecule has 6 nitrogen and oxygen atoms in total. The summed E-state index contributed by atoms with van der Waals surface area (Å²) in [5, 5.41) is 3.68. The zero-order valence-corrected chi connectivity index (χ0v) is 17.9. The molecule has 0 saturated carbocycles. The van der Waals surface area contributed by atoms with Crippen molar-refractivity contribution in [2.75, 3.05) is 10.0 Å². The van der Waals surface area contributed by atoms with Crippen molar-refractivity contribution in [3.05, 3.63) is 53.1 Å². The van der Waals surface area contributed by atoms with Gasteiger partial charge in [-0.05, 0) is 69.7 Å². The van der Waals surface area contributed by atoms with Crippen LogP contribution in [0.25, 0.3) is 0 Å². The maximum atomic E-state index is 13.0. The molecular weight excluding hydrogens is 400 g/mol. The Morgan fingerprint density at radius 2 is 1.75 bits per heavy atom. The van der Waals surface area contributed by atoms with Crippen LogP contribution >= 0.6 is 11.6 Å². The van der Waals surface area contributed by atoms with E-state index < -0.39 is 16.0 Å². The zero-order valence-electron chi connectivity index (χ0n) is 16.3. The van der Waals surface area contributed by atoms with Gasteiger partial charge in [0, 0.05) is 16.8 Å². The molecular formula is C20H25ClN2O4S. The lowest BCUT2D eigenvalue weighted by atomic mass is 10.2. The Bertz CT molecular complexity index is 928. The molecule has 0 radical (unpaired) electrons. The van der Waals surface area contributed by atoms with Crippen molar-refractivity contribution in [3.8, 4) is 0 Å². The van der Waals surface area contributed by atoms with Crippen molar-refractivity contribution >= 4 is 39.0 Å².